The average molecular weight is 450 g/mol. The molecule has 5 heterocycles. The number of anilines is 1. The Morgan fingerprint density at radius 1 is 1.25 bits per heavy atom. The van der Waals surface area contributed by atoms with Gasteiger partial charge in [-0.2, -0.15) is 0 Å². The number of carbonyl (C=O) groups is 2. The zero-order chi connectivity index (χ0) is 21.9. The van der Waals surface area contributed by atoms with Crippen molar-refractivity contribution in [1.29, 1.82) is 0 Å². The van der Waals surface area contributed by atoms with Gasteiger partial charge >= 0.3 is 6.09 Å². The molecule has 3 aliphatic rings. The molecule has 3 aliphatic heterocycles. The summed E-state index contributed by atoms with van der Waals surface area (Å²) in [6, 6.07) is 9.92. The molecule has 1 unspecified atom stereocenters. The Morgan fingerprint density at radius 3 is 2.94 bits per heavy atom. The molecule has 1 aromatic carbocycles. The molecule has 9 heteroatoms. The number of rotatable bonds is 3. The fourth-order valence-electron chi connectivity index (χ4n) is 5.08. The van der Waals surface area contributed by atoms with E-state index >= 15 is 0 Å². The van der Waals surface area contributed by atoms with Gasteiger partial charge in [-0.05, 0) is 35.4 Å². The number of hydrogen-bond acceptors (Lipinski definition) is 7. The number of aryl methyl sites for hydroxylation is 1. The lowest BCUT2D eigenvalue weighted by atomic mass is 9.84. The lowest BCUT2D eigenvalue weighted by molar-refractivity contribution is -0.133. The minimum Gasteiger partial charge on any atom is -0.437 e. The molecule has 0 bridgehead atoms. The summed E-state index contributed by atoms with van der Waals surface area (Å²) in [4.78, 5) is 40.2. The Morgan fingerprint density at radius 2 is 2.09 bits per heavy atom. The molecule has 2 amide bonds. The number of benzene rings is 1. The third kappa shape index (κ3) is 3.02. The zero-order valence-electron chi connectivity index (χ0n) is 17.7. The maximum Gasteiger partial charge on any atom is 0.411 e. The molecule has 3 fully saturated rings. The molecule has 0 N–H and O–H groups in total. The fraction of sp³-hybridized carbons (Fsp3) is 0.391. The Labute approximate surface area is 189 Å². The van der Waals surface area contributed by atoms with Crippen LogP contribution in [-0.2, 0) is 16.0 Å². The van der Waals surface area contributed by atoms with Gasteiger partial charge in [0.25, 0.3) is 0 Å². The van der Waals surface area contributed by atoms with Crippen LogP contribution in [0, 0.1) is 6.92 Å². The van der Waals surface area contributed by atoms with Crippen LogP contribution in [0.1, 0.15) is 11.4 Å². The third-order valence-electron chi connectivity index (χ3n) is 6.77. The molecule has 164 valence electrons. The van der Waals surface area contributed by atoms with Crippen LogP contribution < -0.4 is 4.90 Å². The fourth-order valence-corrected chi connectivity index (χ4v) is 6.04. The van der Waals surface area contributed by atoms with Crippen molar-refractivity contribution < 1.29 is 14.3 Å². The highest BCUT2D eigenvalue weighted by atomic mass is 32.1. The van der Waals surface area contributed by atoms with Gasteiger partial charge in [0.05, 0.1) is 25.6 Å². The Bertz CT molecular complexity index is 1220. The van der Waals surface area contributed by atoms with Gasteiger partial charge in [-0.25, -0.2) is 14.8 Å². The highest BCUT2D eigenvalue weighted by Gasteiger charge is 2.62. The number of nitrogens with zero attached hydrogens (tertiary/aromatic N) is 5. The Balaban J connectivity index is 1.18. The topological polar surface area (TPSA) is 78.9 Å². The lowest BCUT2D eigenvalue weighted by Gasteiger charge is -2.51. The number of carbonyl (C=O) groups excluding carboxylic acids is 2. The molecular formula is C23H23N5O3S. The number of piperazine rings is 1. The first kappa shape index (κ1) is 19.5. The second-order valence-electron chi connectivity index (χ2n) is 8.73. The highest BCUT2D eigenvalue weighted by Crippen LogP contribution is 2.41. The molecule has 6 rings (SSSR count). The summed E-state index contributed by atoms with van der Waals surface area (Å²) in [5.74, 6) is 1.65. The van der Waals surface area contributed by atoms with Crippen molar-refractivity contribution in [2.45, 2.75) is 25.0 Å². The maximum atomic E-state index is 13.2. The van der Waals surface area contributed by atoms with Crippen molar-refractivity contribution >= 4 is 39.2 Å². The number of aromatic nitrogens is 2. The van der Waals surface area contributed by atoms with Gasteiger partial charge in [0.2, 0.25) is 5.91 Å². The summed E-state index contributed by atoms with van der Waals surface area (Å²) in [5, 5.41) is 3.23. The molecule has 1 atom stereocenters. The number of hydrogen-bond donors (Lipinski definition) is 0. The van der Waals surface area contributed by atoms with Crippen LogP contribution in [0.3, 0.4) is 0 Å². The highest BCUT2D eigenvalue weighted by molar-refractivity contribution is 7.17. The van der Waals surface area contributed by atoms with Crippen LogP contribution in [0.15, 0.2) is 41.9 Å². The van der Waals surface area contributed by atoms with Crippen LogP contribution in [0.4, 0.5) is 10.6 Å². The van der Waals surface area contributed by atoms with E-state index in [4.69, 9.17) is 4.74 Å². The summed E-state index contributed by atoms with van der Waals surface area (Å²) in [6.07, 6.45) is 1.85. The second-order valence-corrected chi connectivity index (χ2v) is 9.64. The molecule has 3 saturated heterocycles. The molecule has 32 heavy (non-hydrogen) atoms. The maximum absolute atomic E-state index is 13.2. The minimum atomic E-state index is -0.593. The normalized spacial score (nSPS) is 21.6. The summed E-state index contributed by atoms with van der Waals surface area (Å²) in [6.45, 7) is 4.56. The number of amides is 2. The van der Waals surface area contributed by atoms with E-state index in [1.807, 2.05) is 30.0 Å². The molecule has 3 aromatic rings. The Kier molecular flexibility index (Phi) is 4.36. The van der Waals surface area contributed by atoms with Gasteiger partial charge in [-0.1, -0.05) is 18.2 Å². The molecule has 0 saturated carbocycles. The van der Waals surface area contributed by atoms with E-state index in [1.165, 1.54) is 4.70 Å². The van der Waals surface area contributed by atoms with E-state index in [2.05, 4.69) is 32.4 Å². The van der Waals surface area contributed by atoms with E-state index in [0.717, 1.165) is 16.8 Å². The molecule has 8 nitrogen and oxygen atoms in total. The quantitative estimate of drug-likeness (QED) is 0.611. The molecule has 0 aliphatic carbocycles. The van der Waals surface area contributed by atoms with Crippen molar-refractivity contribution in [1.82, 2.24) is 19.8 Å². The number of ether oxygens (including phenoxy) is 1. The summed E-state index contributed by atoms with van der Waals surface area (Å²) < 4.78 is 7.07. The SMILES string of the molecule is Cc1nccc(N2CC3(C2)OC(=O)N2CCN(C(=O)Cc4csc5ccccc45)CC23)n1. The monoisotopic (exact) mass is 449 g/mol. The van der Waals surface area contributed by atoms with Crippen LogP contribution in [0.2, 0.25) is 0 Å². The molecule has 2 aromatic heterocycles. The zero-order valence-corrected chi connectivity index (χ0v) is 18.5. The van der Waals surface area contributed by atoms with Gasteiger partial charge in [-0.3, -0.25) is 9.69 Å². The second kappa shape index (κ2) is 7.16. The number of fused-ring (bicyclic) bond motifs is 3. The van der Waals surface area contributed by atoms with E-state index in [1.54, 1.807) is 22.4 Å². The van der Waals surface area contributed by atoms with E-state index < -0.39 is 5.60 Å². The molecular weight excluding hydrogens is 426 g/mol. The standard InChI is InChI=1S/C23H23N5O3S/c1-15-24-7-6-20(25-15)27-13-23(14-27)19-11-26(8-9-28(19)22(30)31-23)21(29)10-16-12-32-18-5-3-2-4-17(16)18/h2-7,12,19H,8-11,13-14H2,1H3. The smallest absolute Gasteiger partial charge is 0.411 e. The first-order valence-electron chi connectivity index (χ1n) is 10.8. The van der Waals surface area contributed by atoms with Crippen molar-refractivity contribution in [2.24, 2.45) is 0 Å². The van der Waals surface area contributed by atoms with Gasteiger partial charge in [0.1, 0.15) is 11.6 Å². The van der Waals surface area contributed by atoms with E-state index in [-0.39, 0.29) is 18.0 Å². The van der Waals surface area contributed by atoms with Crippen LogP contribution in [0.25, 0.3) is 10.1 Å². The van der Waals surface area contributed by atoms with Gasteiger partial charge in [0, 0.05) is 30.5 Å². The molecule has 1 spiro atoms. The van der Waals surface area contributed by atoms with Gasteiger partial charge in [0.15, 0.2) is 5.60 Å². The van der Waals surface area contributed by atoms with Crippen LogP contribution in [0.5, 0.6) is 0 Å². The first-order valence-corrected chi connectivity index (χ1v) is 11.7. The lowest BCUT2D eigenvalue weighted by Crippen LogP contribution is -2.71. The largest absolute Gasteiger partial charge is 0.437 e. The first-order chi connectivity index (χ1) is 15.5. The van der Waals surface area contributed by atoms with Crippen molar-refractivity contribution in [2.75, 3.05) is 37.6 Å². The summed E-state index contributed by atoms with van der Waals surface area (Å²) in [5.41, 5.74) is 0.477. The van der Waals surface area contributed by atoms with E-state index in [0.29, 0.717) is 45.0 Å². The molecule has 0 radical (unpaired) electrons. The van der Waals surface area contributed by atoms with Crippen molar-refractivity contribution in [3.8, 4) is 0 Å². The summed E-state index contributed by atoms with van der Waals surface area (Å²) in [7, 11) is 0. The van der Waals surface area contributed by atoms with Crippen LogP contribution >= 0.6 is 11.3 Å². The van der Waals surface area contributed by atoms with Gasteiger partial charge in [-0.15, -0.1) is 11.3 Å². The third-order valence-corrected chi connectivity index (χ3v) is 7.78. The Hall–Kier alpha value is -3.20. The average Bonchev–Trinajstić information content (AvgIpc) is 3.31. The predicted octanol–water partition coefficient (Wildman–Crippen LogP) is 2.46. The summed E-state index contributed by atoms with van der Waals surface area (Å²) >= 11 is 1.67. The van der Waals surface area contributed by atoms with E-state index in [9.17, 15) is 9.59 Å². The number of thiophene rings is 1. The minimum absolute atomic E-state index is 0.102. The van der Waals surface area contributed by atoms with Crippen molar-refractivity contribution in [3.05, 3.63) is 53.3 Å². The predicted molar refractivity (Wildman–Crippen MR) is 121 cm³/mol. The van der Waals surface area contributed by atoms with Crippen molar-refractivity contribution in [3.63, 3.8) is 0 Å². The van der Waals surface area contributed by atoms with Crippen LogP contribution in [-0.4, -0.2) is 76.1 Å². The van der Waals surface area contributed by atoms with Gasteiger partial charge < -0.3 is 14.5 Å².